The molecule has 0 radical (unpaired) electrons. The first-order chi connectivity index (χ1) is 22.5. The quantitative estimate of drug-likeness (QED) is 0.218. The van der Waals surface area contributed by atoms with E-state index >= 15 is 0 Å². The van der Waals surface area contributed by atoms with Crippen LogP contribution in [0, 0.1) is 0 Å². The number of nitrogens with zero attached hydrogens (tertiary/aromatic N) is 4. The summed E-state index contributed by atoms with van der Waals surface area (Å²) < 4.78 is 21.3. The molecule has 0 saturated carbocycles. The summed E-state index contributed by atoms with van der Waals surface area (Å²) in [6, 6.07) is 29.2. The van der Waals surface area contributed by atoms with Crippen LogP contribution in [0.5, 0.6) is 11.8 Å². The molecule has 1 saturated heterocycles. The Bertz CT molecular complexity index is 1950. The predicted molar refractivity (Wildman–Crippen MR) is 173 cm³/mol. The zero-order valence-electron chi connectivity index (χ0n) is 25.2. The third-order valence-corrected chi connectivity index (χ3v) is 8.39. The minimum Gasteiger partial charge on any atom is -0.480 e. The summed E-state index contributed by atoms with van der Waals surface area (Å²) in [5.41, 5.74) is 5.98. The van der Waals surface area contributed by atoms with Gasteiger partial charge in [0.05, 0.1) is 36.8 Å². The molecule has 0 atom stereocenters. The van der Waals surface area contributed by atoms with Crippen molar-refractivity contribution in [2.75, 3.05) is 32.8 Å². The van der Waals surface area contributed by atoms with Crippen LogP contribution in [0.2, 0.25) is 0 Å². The molecule has 234 valence electrons. The van der Waals surface area contributed by atoms with Crippen LogP contribution in [-0.2, 0) is 22.7 Å². The first kappa shape index (κ1) is 29.5. The average Bonchev–Trinajstić information content (AvgIpc) is 3.33. The fraction of sp³-hybridized carbons (Fsp3) is 0.250. The summed E-state index contributed by atoms with van der Waals surface area (Å²) in [6.07, 6.45) is 2.80. The molecule has 0 spiro atoms. The topological polar surface area (TPSA) is 108 Å². The fourth-order valence-electron chi connectivity index (χ4n) is 5.92. The minimum absolute atomic E-state index is 0.0195. The predicted octanol–water partition coefficient (Wildman–Crippen LogP) is 5.09. The Hall–Kier alpha value is -5.19. The molecule has 0 amide bonds. The normalized spacial score (nSPS) is 15.3. The van der Waals surface area contributed by atoms with Crippen LogP contribution >= 0.6 is 0 Å². The maximum Gasteiger partial charge on any atom is 0.334 e. The van der Waals surface area contributed by atoms with Gasteiger partial charge in [-0.15, -0.1) is 0 Å². The molecule has 2 aliphatic heterocycles. The highest BCUT2D eigenvalue weighted by Crippen LogP contribution is 2.32. The molecule has 0 aliphatic carbocycles. The van der Waals surface area contributed by atoms with E-state index < -0.39 is 5.97 Å². The van der Waals surface area contributed by atoms with Gasteiger partial charge < -0.3 is 19.3 Å². The molecular formula is C36H34N4O6. The van der Waals surface area contributed by atoms with Crippen LogP contribution in [-0.4, -0.2) is 62.9 Å². The number of benzene rings is 3. The lowest BCUT2D eigenvalue weighted by Crippen LogP contribution is -2.37. The van der Waals surface area contributed by atoms with Crippen molar-refractivity contribution in [3.63, 3.8) is 0 Å². The molecule has 1 N–H and O–H groups in total. The summed E-state index contributed by atoms with van der Waals surface area (Å²) in [5, 5.41) is 9.17. The van der Waals surface area contributed by atoms with Crippen molar-refractivity contribution in [3.05, 3.63) is 124 Å². The molecule has 4 heterocycles. The molecule has 2 aliphatic rings. The third kappa shape index (κ3) is 6.17. The minimum atomic E-state index is -0.830. The van der Waals surface area contributed by atoms with Crippen LogP contribution in [0.1, 0.15) is 29.2 Å². The van der Waals surface area contributed by atoms with Crippen LogP contribution in [0.15, 0.2) is 102 Å². The molecule has 10 heteroatoms. The Morgan fingerprint density at radius 1 is 0.891 bits per heavy atom. The van der Waals surface area contributed by atoms with E-state index in [1.165, 1.54) is 0 Å². The standard InChI is InChI=1S/C36H34N4O6/c41-34(42)20-38-17-15-27(16-18-38)28-11-12-30-32(19-28)39(29-23-44-24-29)36(43)40(30)31-13-14-33(45-21-25-7-3-1-4-8-25)37-35(31)46-22-26-9-5-2-6-10-26/h1-15,19,29H,16-18,20-24H2,(H,41,42). The van der Waals surface area contributed by atoms with Crippen molar-refractivity contribution in [2.45, 2.75) is 25.7 Å². The summed E-state index contributed by atoms with van der Waals surface area (Å²) in [4.78, 5) is 32.1. The van der Waals surface area contributed by atoms with Gasteiger partial charge in [0.25, 0.3) is 0 Å². The number of imidazole rings is 1. The van der Waals surface area contributed by atoms with E-state index in [2.05, 4.69) is 12.1 Å². The van der Waals surface area contributed by atoms with Crippen molar-refractivity contribution >= 4 is 22.6 Å². The lowest BCUT2D eigenvalue weighted by atomic mass is 9.99. The van der Waals surface area contributed by atoms with Gasteiger partial charge in [0.2, 0.25) is 11.8 Å². The molecule has 1 fully saturated rings. The zero-order chi connectivity index (χ0) is 31.5. The second-order valence-corrected chi connectivity index (χ2v) is 11.5. The highest BCUT2D eigenvalue weighted by Gasteiger charge is 2.29. The van der Waals surface area contributed by atoms with E-state index in [4.69, 9.17) is 19.2 Å². The molecular weight excluding hydrogens is 584 g/mol. The molecule has 3 aromatic carbocycles. The first-order valence-electron chi connectivity index (χ1n) is 15.4. The van der Waals surface area contributed by atoms with E-state index in [-0.39, 0.29) is 30.8 Å². The molecule has 0 unspecified atom stereocenters. The molecule has 5 aromatic rings. The van der Waals surface area contributed by atoms with Crippen LogP contribution in [0.3, 0.4) is 0 Å². The third-order valence-electron chi connectivity index (χ3n) is 8.39. The van der Waals surface area contributed by atoms with Crippen LogP contribution in [0.25, 0.3) is 22.3 Å². The number of hydrogen-bond donors (Lipinski definition) is 1. The van der Waals surface area contributed by atoms with Crippen molar-refractivity contribution in [1.29, 1.82) is 0 Å². The number of carboxylic acids is 1. The smallest absolute Gasteiger partial charge is 0.334 e. The van der Waals surface area contributed by atoms with Crippen LogP contribution in [0.4, 0.5) is 0 Å². The number of aliphatic carboxylic acids is 1. The molecule has 2 aromatic heterocycles. The molecule has 0 bridgehead atoms. The van der Waals surface area contributed by atoms with Gasteiger partial charge in [-0.05, 0) is 46.9 Å². The molecule has 46 heavy (non-hydrogen) atoms. The molecule has 10 nitrogen and oxygen atoms in total. The molecule has 7 rings (SSSR count). The summed E-state index contributed by atoms with van der Waals surface area (Å²) >= 11 is 0. The second-order valence-electron chi connectivity index (χ2n) is 11.5. The van der Waals surface area contributed by atoms with Crippen molar-refractivity contribution in [1.82, 2.24) is 19.0 Å². The van der Waals surface area contributed by atoms with Gasteiger partial charge in [-0.1, -0.05) is 72.8 Å². The summed E-state index contributed by atoms with van der Waals surface area (Å²) in [6.45, 7) is 2.77. The van der Waals surface area contributed by atoms with E-state index in [0.29, 0.717) is 44.5 Å². The van der Waals surface area contributed by atoms with Gasteiger partial charge in [0.15, 0.2) is 0 Å². The number of pyridine rings is 1. The van der Waals surface area contributed by atoms with E-state index in [0.717, 1.165) is 39.7 Å². The number of ether oxygens (including phenoxy) is 3. The monoisotopic (exact) mass is 618 g/mol. The summed E-state index contributed by atoms with van der Waals surface area (Å²) in [7, 11) is 0. The maximum atomic E-state index is 14.3. The van der Waals surface area contributed by atoms with Gasteiger partial charge >= 0.3 is 11.7 Å². The number of fused-ring (bicyclic) bond motifs is 1. The van der Waals surface area contributed by atoms with E-state index in [9.17, 15) is 14.7 Å². The Kier molecular flexibility index (Phi) is 8.37. The van der Waals surface area contributed by atoms with Crippen LogP contribution < -0.4 is 15.2 Å². The maximum absolute atomic E-state index is 14.3. The number of aromatic nitrogens is 3. The largest absolute Gasteiger partial charge is 0.480 e. The SMILES string of the molecule is O=C(O)CN1CC=C(c2ccc3c(c2)n(C2COC2)c(=O)n3-c2ccc(OCc3ccccc3)nc2OCc2ccccc2)CC1. The second kappa shape index (κ2) is 13.0. The Labute approximate surface area is 265 Å². The van der Waals surface area contributed by atoms with Crippen molar-refractivity contribution in [2.24, 2.45) is 0 Å². The van der Waals surface area contributed by atoms with E-state index in [1.807, 2.05) is 88.3 Å². The number of carboxylic acid groups (broad SMARTS) is 1. The lowest BCUT2D eigenvalue weighted by Gasteiger charge is -2.27. The van der Waals surface area contributed by atoms with Gasteiger partial charge in [-0.3, -0.25) is 18.8 Å². The van der Waals surface area contributed by atoms with E-state index in [1.54, 1.807) is 10.6 Å². The first-order valence-corrected chi connectivity index (χ1v) is 15.4. The Balaban J connectivity index is 1.27. The van der Waals surface area contributed by atoms with Crippen molar-refractivity contribution < 1.29 is 24.1 Å². The average molecular weight is 619 g/mol. The zero-order valence-corrected chi connectivity index (χ0v) is 25.2. The van der Waals surface area contributed by atoms with Gasteiger partial charge in [0, 0.05) is 19.2 Å². The summed E-state index contributed by atoms with van der Waals surface area (Å²) in [5.74, 6) is -0.148. The highest BCUT2D eigenvalue weighted by molar-refractivity contribution is 5.84. The van der Waals surface area contributed by atoms with Gasteiger partial charge in [-0.2, -0.15) is 4.98 Å². The fourth-order valence-corrected chi connectivity index (χ4v) is 5.92. The Morgan fingerprint density at radius 2 is 1.61 bits per heavy atom. The van der Waals surface area contributed by atoms with Gasteiger partial charge in [0.1, 0.15) is 18.9 Å². The van der Waals surface area contributed by atoms with Crippen molar-refractivity contribution in [3.8, 4) is 17.4 Å². The number of rotatable bonds is 11. The number of hydrogen-bond acceptors (Lipinski definition) is 7. The lowest BCUT2D eigenvalue weighted by molar-refractivity contribution is -0.138. The highest BCUT2D eigenvalue weighted by atomic mass is 16.5. The van der Waals surface area contributed by atoms with Gasteiger partial charge in [-0.25, -0.2) is 4.79 Å². The number of carbonyl (C=O) groups is 1. The Morgan fingerprint density at radius 3 is 2.24 bits per heavy atom.